The first kappa shape index (κ1) is 13.9. The zero-order valence-corrected chi connectivity index (χ0v) is 12.5. The van der Waals surface area contributed by atoms with E-state index in [-0.39, 0.29) is 6.03 Å². The van der Waals surface area contributed by atoms with Crippen molar-refractivity contribution in [3.8, 4) is 0 Å². The zero-order chi connectivity index (χ0) is 13.5. The summed E-state index contributed by atoms with van der Waals surface area (Å²) in [5.41, 5.74) is 0.827. The summed E-state index contributed by atoms with van der Waals surface area (Å²) in [6, 6.07) is 9.38. The number of para-hydroxylation sites is 1. The molecule has 19 heavy (non-hydrogen) atoms. The normalized spacial score (nSPS) is 10.2. The van der Waals surface area contributed by atoms with Crippen LogP contribution in [-0.4, -0.2) is 22.4 Å². The first-order valence-corrected chi connectivity index (χ1v) is 7.10. The van der Waals surface area contributed by atoms with Crippen LogP contribution in [0.15, 0.2) is 42.7 Å². The lowest BCUT2D eigenvalue weighted by Gasteiger charge is -2.09. The van der Waals surface area contributed by atoms with Crippen molar-refractivity contribution in [3.63, 3.8) is 0 Å². The largest absolute Gasteiger partial charge is 0.338 e. The van der Waals surface area contributed by atoms with Gasteiger partial charge in [-0.2, -0.15) is 5.10 Å². The van der Waals surface area contributed by atoms with E-state index in [0.717, 1.165) is 22.2 Å². The second-order valence-electron chi connectivity index (χ2n) is 3.98. The molecule has 0 radical (unpaired) electrons. The first-order chi connectivity index (χ1) is 9.25. The van der Waals surface area contributed by atoms with E-state index >= 15 is 0 Å². The number of rotatable bonds is 5. The lowest BCUT2D eigenvalue weighted by Crippen LogP contribution is -2.30. The Labute approximate surface area is 125 Å². The van der Waals surface area contributed by atoms with Crippen LogP contribution in [0.2, 0.25) is 0 Å². The van der Waals surface area contributed by atoms with Gasteiger partial charge in [0.05, 0.1) is 5.69 Å². The van der Waals surface area contributed by atoms with Gasteiger partial charge in [0.15, 0.2) is 0 Å². The van der Waals surface area contributed by atoms with E-state index in [1.54, 1.807) is 6.20 Å². The molecular formula is C13H15IN4O. The molecule has 0 aliphatic carbocycles. The standard InChI is InChI=1S/C13H15IN4O/c14-11-5-1-2-6-12(11)17-13(19)15-7-3-9-18-10-4-8-16-18/h1-2,4-6,8,10H,3,7,9H2,(H2,15,17,19). The van der Waals surface area contributed by atoms with Crippen molar-refractivity contribution in [3.05, 3.63) is 46.3 Å². The molecule has 2 aromatic rings. The average Bonchev–Trinajstić information content (AvgIpc) is 2.91. The predicted octanol–water partition coefficient (Wildman–Crippen LogP) is 2.70. The number of anilines is 1. The zero-order valence-electron chi connectivity index (χ0n) is 10.3. The van der Waals surface area contributed by atoms with Crippen LogP contribution in [0.3, 0.4) is 0 Å². The second kappa shape index (κ2) is 7.13. The van der Waals surface area contributed by atoms with Gasteiger partial charge in [-0.15, -0.1) is 0 Å². The Hall–Kier alpha value is -1.57. The van der Waals surface area contributed by atoms with Gasteiger partial charge in [0.2, 0.25) is 0 Å². The summed E-state index contributed by atoms with van der Waals surface area (Å²) in [6.07, 6.45) is 4.50. The number of aryl methyl sites for hydroxylation is 1. The molecule has 100 valence electrons. The smallest absolute Gasteiger partial charge is 0.319 e. The van der Waals surface area contributed by atoms with Crippen LogP contribution in [0, 0.1) is 3.57 Å². The molecule has 0 aliphatic rings. The Balaban J connectivity index is 1.69. The van der Waals surface area contributed by atoms with Gasteiger partial charge in [-0.05, 0) is 47.2 Å². The highest BCUT2D eigenvalue weighted by atomic mass is 127. The molecule has 2 amide bonds. The van der Waals surface area contributed by atoms with Crippen LogP contribution in [0.4, 0.5) is 10.5 Å². The van der Waals surface area contributed by atoms with E-state index in [4.69, 9.17) is 0 Å². The topological polar surface area (TPSA) is 59.0 Å². The van der Waals surface area contributed by atoms with Gasteiger partial charge in [0, 0.05) is 29.1 Å². The van der Waals surface area contributed by atoms with Gasteiger partial charge in [0.1, 0.15) is 0 Å². The third-order valence-corrected chi connectivity index (χ3v) is 3.47. The molecule has 2 N–H and O–H groups in total. The average molecular weight is 370 g/mol. The van der Waals surface area contributed by atoms with Gasteiger partial charge < -0.3 is 10.6 Å². The second-order valence-corrected chi connectivity index (χ2v) is 5.15. The fourth-order valence-corrected chi connectivity index (χ4v) is 2.13. The third-order valence-electron chi connectivity index (χ3n) is 2.53. The van der Waals surface area contributed by atoms with Crippen LogP contribution < -0.4 is 10.6 Å². The summed E-state index contributed by atoms with van der Waals surface area (Å²) in [5, 5.41) is 9.75. The Morgan fingerprint density at radius 3 is 2.89 bits per heavy atom. The third kappa shape index (κ3) is 4.55. The summed E-state index contributed by atoms with van der Waals surface area (Å²) >= 11 is 2.19. The van der Waals surface area contributed by atoms with E-state index < -0.39 is 0 Å². The highest BCUT2D eigenvalue weighted by molar-refractivity contribution is 14.1. The highest BCUT2D eigenvalue weighted by Gasteiger charge is 2.03. The van der Waals surface area contributed by atoms with Crippen molar-refractivity contribution in [1.82, 2.24) is 15.1 Å². The molecule has 0 spiro atoms. The van der Waals surface area contributed by atoms with E-state index in [0.29, 0.717) is 6.54 Å². The monoisotopic (exact) mass is 370 g/mol. The molecule has 1 heterocycles. The molecule has 0 atom stereocenters. The van der Waals surface area contributed by atoms with Crippen LogP contribution in [0.25, 0.3) is 0 Å². The number of halogens is 1. The number of carbonyl (C=O) groups is 1. The Morgan fingerprint density at radius 2 is 2.16 bits per heavy atom. The van der Waals surface area contributed by atoms with Crippen LogP contribution >= 0.6 is 22.6 Å². The van der Waals surface area contributed by atoms with Crippen molar-refractivity contribution in [1.29, 1.82) is 0 Å². The van der Waals surface area contributed by atoms with Gasteiger partial charge in [-0.1, -0.05) is 12.1 Å². The minimum atomic E-state index is -0.176. The number of amides is 2. The van der Waals surface area contributed by atoms with Crippen molar-refractivity contribution in [2.24, 2.45) is 0 Å². The Morgan fingerprint density at radius 1 is 1.32 bits per heavy atom. The molecular weight excluding hydrogens is 355 g/mol. The first-order valence-electron chi connectivity index (χ1n) is 6.02. The number of carbonyl (C=O) groups excluding carboxylic acids is 1. The maximum absolute atomic E-state index is 11.7. The molecule has 2 rings (SSSR count). The predicted molar refractivity (Wildman–Crippen MR) is 83.0 cm³/mol. The van der Waals surface area contributed by atoms with E-state index in [1.807, 2.05) is 41.2 Å². The Bertz CT molecular complexity index is 527. The minimum absolute atomic E-state index is 0.176. The molecule has 6 heteroatoms. The molecule has 0 bridgehead atoms. The number of hydrogen-bond donors (Lipinski definition) is 2. The molecule has 1 aromatic heterocycles. The number of hydrogen-bond acceptors (Lipinski definition) is 2. The lowest BCUT2D eigenvalue weighted by molar-refractivity contribution is 0.251. The fraction of sp³-hybridized carbons (Fsp3) is 0.231. The van der Waals surface area contributed by atoms with Crippen LogP contribution in [0.1, 0.15) is 6.42 Å². The van der Waals surface area contributed by atoms with Crippen LogP contribution in [-0.2, 0) is 6.54 Å². The molecule has 0 unspecified atom stereocenters. The van der Waals surface area contributed by atoms with Crippen molar-refractivity contribution in [2.45, 2.75) is 13.0 Å². The number of nitrogens with zero attached hydrogens (tertiary/aromatic N) is 2. The lowest BCUT2D eigenvalue weighted by atomic mass is 10.3. The van der Waals surface area contributed by atoms with Crippen molar-refractivity contribution < 1.29 is 4.79 Å². The SMILES string of the molecule is O=C(NCCCn1cccn1)Nc1ccccc1I. The number of nitrogens with one attached hydrogen (secondary N) is 2. The van der Waals surface area contributed by atoms with E-state index in [9.17, 15) is 4.79 Å². The van der Waals surface area contributed by atoms with Gasteiger partial charge >= 0.3 is 6.03 Å². The number of urea groups is 1. The highest BCUT2D eigenvalue weighted by Crippen LogP contribution is 2.16. The van der Waals surface area contributed by atoms with Crippen LogP contribution in [0.5, 0.6) is 0 Å². The number of benzene rings is 1. The van der Waals surface area contributed by atoms with Crippen molar-refractivity contribution in [2.75, 3.05) is 11.9 Å². The molecule has 5 nitrogen and oxygen atoms in total. The molecule has 1 aromatic carbocycles. The minimum Gasteiger partial charge on any atom is -0.338 e. The maximum Gasteiger partial charge on any atom is 0.319 e. The summed E-state index contributed by atoms with van der Waals surface area (Å²) in [5.74, 6) is 0. The molecule has 0 saturated carbocycles. The summed E-state index contributed by atoms with van der Waals surface area (Å²) in [6.45, 7) is 1.42. The fourth-order valence-electron chi connectivity index (χ4n) is 1.60. The van der Waals surface area contributed by atoms with Gasteiger partial charge in [-0.3, -0.25) is 4.68 Å². The van der Waals surface area contributed by atoms with Gasteiger partial charge in [0.25, 0.3) is 0 Å². The molecule has 0 aliphatic heterocycles. The van der Waals surface area contributed by atoms with E-state index in [2.05, 4.69) is 38.3 Å². The quantitative estimate of drug-likeness (QED) is 0.628. The molecule has 0 fully saturated rings. The Kier molecular flexibility index (Phi) is 5.20. The van der Waals surface area contributed by atoms with Crippen molar-refractivity contribution >= 4 is 34.3 Å². The molecule has 0 saturated heterocycles. The summed E-state index contributed by atoms with van der Waals surface area (Å²) in [7, 11) is 0. The summed E-state index contributed by atoms with van der Waals surface area (Å²) < 4.78 is 2.87. The number of aromatic nitrogens is 2. The van der Waals surface area contributed by atoms with Gasteiger partial charge in [-0.25, -0.2) is 4.79 Å². The summed E-state index contributed by atoms with van der Waals surface area (Å²) in [4.78, 5) is 11.7. The van der Waals surface area contributed by atoms with E-state index in [1.165, 1.54) is 0 Å². The maximum atomic E-state index is 11.7.